The Hall–Kier alpha value is -0.410. The second kappa shape index (κ2) is 7.13. The number of carbonyl (C=O) groups excluding carboxylic acids is 1. The Morgan fingerprint density at radius 3 is 2.63 bits per heavy atom. The minimum atomic E-state index is -0.132. The van der Waals surface area contributed by atoms with Crippen molar-refractivity contribution >= 4 is 5.78 Å². The van der Waals surface area contributed by atoms with Crippen molar-refractivity contribution in [1.82, 2.24) is 0 Å². The van der Waals surface area contributed by atoms with Crippen LogP contribution in [0.15, 0.2) is 0 Å². The Morgan fingerprint density at radius 1 is 1.11 bits per heavy atom. The van der Waals surface area contributed by atoms with E-state index in [1.54, 1.807) is 0 Å². The Labute approximate surface area is 165 Å². The summed E-state index contributed by atoms with van der Waals surface area (Å²) in [6.45, 7) is 7.34. The number of aliphatic hydroxyl groups is 2. The van der Waals surface area contributed by atoms with Crippen molar-refractivity contribution < 1.29 is 15.0 Å². The maximum absolute atomic E-state index is 13.6. The zero-order valence-electron chi connectivity index (χ0n) is 17.6. The molecule has 0 amide bonds. The molecular formula is C24H40O3. The van der Waals surface area contributed by atoms with Gasteiger partial charge in [0.05, 0.1) is 6.10 Å². The lowest BCUT2D eigenvalue weighted by molar-refractivity contribution is -0.160. The molecule has 154 valence electrons. The zero-order valence-corrected chi connectivity index (χ0v) is 17.6. The Kier molecular flexibility index (Phi) is 5.25. The Balaban J connectivity index is 1.59. The second-order valence-corrected chi connectivity index (χ2v) is 11.0. The fraction of sp³-hybridized carbons (Fsp3) is 0.958. The minimum Gasteiger partial charge on any atom is -0.396 e. The summed E-state index contributed by atoms with van der Waals surface area (Å²) < 4.78 is 0. The van der Waals surface area contributed by atoms with Gasteiger partial charge in [-0.25, -0.2) is 0 Å². The minimum absolute atomic E-state index is 0.118. The average molecular weight is 377 g/mol. The third-order valence-electron chi connectivity index (χ3n) is 10.1. The Bertz CT molecular complexity index is 574. The molecular weight excluding hydrogens is 336 g/mol. The number of ketones is 1. The standard InChI is InChI=1S/C24H40O3/c1-15(5-4-12-25)19-8-9-20-18-7-6-16-13-17(26)10-11-23(16,2)21(18)14-22(27)24(19,20)3/h15-21,25-26H,4-14H2,1-3H3/t15-,16-,17?,18+,19-,20+,21+,23+,24-/m1/s1. The fourth-order valence-electron chi connectivity index (χ4n) is 8.50. The van der Waals surface area contributed by atoms with Crippen LogP contribution in [-0.4, -0.2) is 28.7 Å². The lowest BCUT2D eigenvalue weighted by Gasteiger charge is -2.60. The normalized spacial score (nSPS) is 50.6. The summed E-state index contributed by atoms with van der Waals surface area (Å²) >= 11 is 0. The lowest BCUT2D eigenvalue weighted by atomic mass is 9.44. The predicted molar refractivity (Wildman–Crippen MR) is 107 cm³/mol. The van der Waals surface area contributed by atoms with Crippen LogP contribution < -0.4 is 0 Å². The average Bonchev–Trinajstić information content (AvgIpc) is 3.00. The Morgan fingerprint density at radius 2 is 1.89 bits per heavy atom. The van der Waals surface area contributed by atoms with Gasteiger partial charge in [0.2, 0.25) is 0 Å². The van der Waals surface area contributed by atoms with Crippen LogP contribution in [0.25, 0.3) is 0 Å². The predicted octanol–water partition coefficient (Wildman–Crippen LogP) is 4.59. The molecule has 0 aromatic rings. The molecule has 0 saturated heterocycles. The summed E-state index contributed by atoms with van der Waals surface area (Å²) in [5.74, 6) is 4.00. The molecule has 0 spiro atoms. The van der Waals surface area contributed by atoms with Crippen LogP contribution in [0.2, 0.25) is 0 Å². The topological polar surface area (TPSA) is 57.5 Å². The summed E-state index contributed by atoms with van der Waals surface area (Å²) in [5, 5.41) is 19.4. The number of hydrogen-bond acceptors (Lipinski definition) is 3. The third kappa shape index (κ3) is 2.94. The van der Waals surface area contributed by atoms with Crippen molar-refractivity contribution in [2.45, 2.75) is 91.1 Å². The summed E-state index contributed by atoms with van der Waals surface area (Å²) in [5.41, 5.74) is 0.132. The highest BCUT2D eigenvalue weighted by Gasteiger charge is 2.63. The smallest absolute Gasteiger partial charge is 0.139 e. The van der Waals surface area contributed by atoms with Crippen LogP contribution in [0.1, 0.15) is 85.0 Å². The maximum Gasteiger partial charge on any atom is 0.139 e. The molecule has 4 aliphatic carbocycles. The molecule has 4 aliphatic rings. The first-order valence-electron chi connectivity index (χ1n) is 11.6. The van der Waals surface area contributed by atoms with Gasteiger partial charge in [0.15, 0.2) is 0 Å². The summed E-state index contributed by atoms with van der Waals surface area (Å²) in [6, 6.07) is 0. The molecule has 0 heterocycles. The van der Waals surface area contributed by atoms with E-state index >= 15 is 0 Å². The zero-order chi connectivity index (χ0) is 19.4. The SMILES string of the molecule is C[C@H](CCCO)[C@H]1CC[C@H]2[C@@H]3CC[C@@H]4CC(O)CC[C@]4(C)[C@H]3CC(=O)[C@]12C. The van der Waals surface area contributed by atoms with Gasteiger partial charge in [-0.15, -0.1) is 0 Å². The van der Waals surface area contributed by atoms with Gasteiger partial charge >= 0.3 is 0 Å². The van der Waals surface area contributed by atoms with Crippen LogP contribution in [0.5, 0.6) is 0 Å². The van der Waals surface area contributed by atoms with Gasteiger partial charge in [0.25, 0.3) is 0 Å². The van der Waals surface area contributed by atoms with Crippen LogP contribution in [0.4, 0.5) is 0 Å². The first kappa shape index (κ1) is 19.9. The number of rotatable bonds is 4. The van der Waals surface area contributed by atoms with E-state index in [1.807, 2.05) is 0 Å². The number of hydrogen-bond donors (Lipinski definition) is 2. The van der Waals surface area contributed by atoms with Gasteiger partial charge in [0, 0.05) is 18.4 Å². The van der Waals surface area contributed by atoms with E-state index in [2.05, 4.69) is 20.8 Å². The van der Waals surface area contributed by atoms with E-state index in [0.29, 0.717) is 41.3 Å². The van der Waals surface area contributed by atoms with E-state index in [4.69, 9.17) is 0 Å². The van der Waals surface area contributed by atoms with E-state index in [9.17, 15) is 15.0 Å². The van der Waals surface area contributed by atoms with Crippen molar-refractivity contribution in [1.29, 1.82) is 0 Å². The molecule has 0 radical (unpaired) electrons. The maximum atomic E-state index is 13.6. The molecule has 3 nitrogen and oxygen atoms in total. The molecule has 2 N–H and O–H groups in total. The van der Waals surface area contributed by atoms with Crippen LogP contribution >= 0.6 is 0 Å². The summed E-state index contributed by atoms with van der Waals surface area (Å²) in [4.78, 5) is 13.6. The molecule has 0 aliphatic heterocycles. The van der Waals surface area contributed by atoms with Gasteiger partial charge in [-0.1, -0.05) is 20.8 Å². The molecule has 4 fully saturated rings. The molecule has 4 rings (SSSR count). The quantitative estimate of drug-likeness (QED) is 0.754. The second-order valence-electron chi connectivity index (χ2n) is 11.0. The van der Waals surface area contributed by atoms with Crippen molar-refractivity contribution in [3.8, 4) is 0 Å². The van der Waals surface area contributed by atoms with Crippen LogP contribution in [0.3, 0.4) is 0 Å². The first-order valence-corrected chi connectivity index (χ1v) is 11.6. The molecule has 0 bridgehead atoms. The van der Waals surface area contributed by atoms with E-state index in [1.165, 1.54) is 25.7 Å². The highest BCUT2D eigenvalue weighted by molar-refractivity contribution is 5.87. The van der Waals surface area contributed by atoms with Gasteiger partial charge < -0.3 is 10.2 Å². The molecule has 4 saturated carbocycles. The van der Waals surface area contributed by atoms with Crippen molar-refractivity contribution in [3.63, 3.8) is 0 Å². The van der Waals surface area contributed by atoms with E-state index in [0.717, 1.165) is 38.5 Å². The lowest BCUT2D eigenvalue weighted by Crippen LogP contribution is -2.57. The molecule has 1 unspecified atom stereocenters. The van der Waals surface area contributed by atoms with Crippen molar-refractivity contribution in [3.05, 3.63) is 0 Å². The van der Waals surface area contributed by atoms with Crippen molar-refractivity contribution in [2.75, 3.05) is 6.61 Å². The number of carbonyl (C=O) groups is 1. The summed E-state index contributed by atoms with van der Waals surface area (Å²) in [7, 11) is 0. The van der Waals surface area contributed by atoms with Gasteiger partial charge in [-0.05, 0) is 98.7 Å². The highest BCUT2D eigenvalue weighted by atomic mass is 16.3. The molecule has 0 aromatic carbocycles. The molecule has 9 atom stereocenters. The number of aliphatic hydroxyl groups excluding tert-OH is 2. The molecule has 27 heavy (non-hydrogen) atoms. The van der Waals surface area contributed by atoms with Crippen LogP contribution in [-0.2, 0) is 4.79 Å². The van der Waals surface area contributed by atoms with E-state index in [-0.39, 0.29) is 23.5 Å². The molecule has 3 heteroatoms. The van der Waals surface area contributed by atoms with Crippen molar-refractivity contribution in [2.24, 2.45) is 46.3 Å². The fourth-order valence-corrected chi connectivity index (χ4v) is 8.50. The van der Waals surface area contributed by atoms with Gasteiger partial charge in [0.1, 0.15) is 5.78 Å². The highest BCUT2D eigenvalue weighted by Crippen LogP contribution is 2.67. The molecule has 0 aromatic heterocycles. The van der Waals surface area contributed by atoms with E-state index < -0.39 is 0 Å². The first-order chi connectivity index (χ1) is 12.8. The number of Topliss-reactive ketones (excluding diaryl/α,β-unsaturated/α-hetero) is 1. The van der Waals surface area contributed by atoms with Crippen LogP contribution in [0, 0.1) is 46.3 Å². The van der Waals surface area contributed by atoms with Gasteiger partial charge in [-0.2, -0.15) is 0 Å². The largest absolute Gasteiger partial charge is 0.396 e. The monoisotopic (exact) mass is 376 g/mol. The summed E-state index contributed by atoms with van der Waals surface area (Å²) in [6.07, 6.45) is 10.5. The third-order valence-corrected chi connectivity index (χ3v) is 10.1. The van der Waals surface area contributed by atoms with Gasteiger partial charge in [-0.3, -0.25) is 4.79 Å². The number of fused-ring (bicyclic) bond motifs is 5.